The van der Waals surface area contributed by atoms with Crippen LogP contribution < -0.4 is 10.5 Å². The smallest absolute Gasteiger partial charge is 0.256 e. The third-order valence-electron chi connectivity index (χ3n) is 3.95. The zero-order valence-corrected chi connectivity index (χ0v) is 16.1. The molecule has 1 heterocycles. The van der Waals surface area contributed by atoms with Crippen LogP contribution in [0.1, 0.15) is 6.92 Å². The molecule has 3 aromatic rings. The van der Waals surface area contributed by atoms with Gasteiger partial charge in [-0.15, -0.1) is 0 Å². The Morgan fingerprint density at radius 1 is 1.25 bits per heavy atom. The largest absolute Gasteiger partial charge is 0.320 e. The lowest BCUT2D eigenvalue weighted by Crippen LogP contribution is -2.33. The van der Waals surface area contributed by atoms with E-state index in [-0.39, 0.29) is 28.2 Å². The fraction of sp³-hybridized carbons (Fsp3) is 0.167. The molecule has 2 N–H and O–H groups in total. The molecule has 0 fully saturated rings. The summed E-state index contributed by atoms with van der Waals surface area (Å²) in [7, 11) is 0. The van der Waals surface area contributed by atoms with E-state index in [0.717, 1.165) is 27.7 Å². The van der Waals surface area contributed by atoms with Gasteiger partial charge in [-0.3, -0.25) is 15.4 Å². The first-order chi connectivity index (χ1) is 13.2. The summed E-state index contributed by atoms with van der Waals surface area (Å²) in [5, 5.41) is 15.8. The van der Waals surface area contributed by atoms with Crippen LogP contribution in [0, 0.1) is 22.5 Å². The lowest BCUT2D eigenvalue weighted by atomic mass is 10.2. The second-order valence-electron chi connectivity index (χ2n) is 5.94. The van der Waals surface area contributed by atoms with Gasteiger partial charge in [0.15, 0.2) is 0 Å². The molecular formula is C18H14BrF4N5. The van der Waals surface area contributed by atoms with Crippen LogP contribution in [0.2, 0.25) is 0 Å². The van der Waals surface area contributed by atoms with E-state index < -0.39 is 30.2 Å². The van der Waals surface area contributed by atoms with Crippen molar-refractivity contribution in [3.8, 4) is 0 Å². The standard InChI is InChI=1S/C18H14BrF4N5/c1-9(24)28-14-4-2-3-13(21)16(14)17(26-18(28)25)27(8-15(22)23)12-6-10(19)5-11(20)7-12/h2-7,15,24-25H,8H2,1H3. The van der Waals surface area contributed by atoms with Crippen LogP contribution >= 0.6 is 15.9 Å². The molecule has 0 radical (unpaired) electrons. The number of nitrogens with zero attached hydrogens (tertiary/aromatic N) is 3. The molecule has 0 amide bonds. The van der Waals surface area contributed by atoms with Crippen molar-refractivity contribution in [1.82, 2.24) is 9.55 Å². The maximum Gasteiger partial charge on any atom is 0.256 e. The van der Waals surface area contributed by atoms with Gasteiger partial charge in [0.05, 0.1) is 17.4 Å². The molecule has 0 spiro atoms. The maximum absolute atomic E-state index is 14.7. The lowest BCUT2D eigenvalue weighted by Gasteiger charge is -2.26. The second kappa shape index (κ2) is 7.70. The van der Waals surface area contributed by atoms with Crippen LogP contribution in [0.5, 0.6) is 0 Å². The Bertz CT molecular complexity index is 1110. The molecule has 146 valence electrons. The Morgan fingerprint density at radius 3 is 2.57 bits per heavy atom. The summed E-state index contributed by atoms with van der Waals surface area (Å²) < 4.78 is 56.6. The molecule has 5 nitrogen and oxygen atoms in total. The van der Waals surface area contributed by atoms with Gasteiger partial charge >= 0.3 is 0 Å². The lowest BCUT2D eigenvalue weighted by molar-refractivity contribution is 0.157. The minimum Gasteiger partial charge on any atom is -0.320 e. The molecule has 0 aliphatic rings. The Morgan fingerprint density at radius 2 is 1.96 bits per heavy atom. The van der Waals surface area contributed by atoms with E-state index in [1.54, 1.807) is 0 Å². The number of hydrogen-bond acceptors (Lipinski definition) is 4. The zero-order valence-electron chi connectivity index (χ0n) is 14.5. The van der Waals surface area contributed by atoms with Crippen LogP contribution in [-0.2, 0) is 0 Å². The van der Waals surface area contributed by atoms with Gasteiger partial charge in [0.2, 0.25) is 5.62 Å². The van der Waals surface area contributed by atoms with Crippen molar-refractivity contribution in [2.45, 2.75) is 13.3 Å². The normalized spacial score (nSPS) is 11.2. The number of hydrogen-bond donors (Lipinski definition) is 2. The van der Waals surface area contributed by atoms with Gasteiger partial charge in [-0.05, 0) is 37.3 Å². The Hall–Kier alpha value is -2.75. The van der Waals surface area contributed by atoms with E-state index in [2.05, 4.69) is 20.9 Å². The van der Waals surface area contributed by atoms with Gasteiger partial charge < -0.3 is 4.90 Å². The highest BCUT2D eigenvalue weighted by Crippen LogP contribution is 2.33. The number of anilines is 2. The number of nitrogens with one attached hydrogen (secondary N) is 2. The van der Waals surface area contributed by atoms with E-state index in [0.29, 0.717) is 4.47 Å². The van der Waals surface area contributed by atoms with Crippen molar-refractivity contribution in [3.05, 3.63) is 58.1 Å². The minimum atomic E-state index is -2.84. The molecule has 0 saturated carbocycles. The van der Waals surface area contributed by atoms with Crippen molar-refractivity contribution in [3.63, 3.8) is 0 Å². The van der Waals surface area contributed by atoms with Crippen molar-refractivity contribution in [2.24, 2.45) is 0 Å². The highest BCUT2D eigenvalue weighted by molar-refractivity contribution is 9.10. The molecule has 28 heavy (non-hydrogen) atoms. The Labute approximate surface area is 165 Å². The quantitative estimate of drug-likeness (QED) is 0.336. The highest BCUT2D eigenvalue weighted by Gasteiger charge is 2.23. The summed E-state index contributed by atoms with van der Waals surface area (Å²) >= 11 is 3.11. The van der Waals surface area contributed by atoms with Gasteiger partial charge in [0.1, 0.15) is 23.3 Å². The van der Waals surface area contributed by atoms with Crippen LogP contribution in [0.3, 0.4) is 0 Å². The molecule has 0 aliphatic heterocycles. The van der Waals surface area contributed by atoms with E-state index >= 15 is 0 Å². The van der Waals surface area contributed by atoms with Crippen molar-refractivity contribution >= 4 is 44.2 Å². The number of fused-ring (bicyclic) bond motifs is 1. The molecule has 0 bridgehead atoms. The minimum absolute atomic E-state index is 0.0213. The fourth-order valence-electron chi connectivity index (χ4n) is 2.92. The monoisotopic (exact) mass is 455 g/mol. The third-order valence-corrected chi connectivity index (χ3v) is 4.41. The molecule has 3 rings (SSSR count). The Balaban J connectivity index is 2.39. The summed E-state index contributed by atoms with van der Waals surface area (Å²) in [6, 6.07) is 7.55. The first-order valence-electron chi connectivity index (χ1n) is 8.02. The van der Waals surface area contributed by atoms with E-state index in [9.17, 15) is 17.6 Å². The number of aromatic nitrogens is 2. The number of halogens is 5. The molecular weight excluding hydrogens is 442 g/mol. The maximum atomic E-state index is 14.7. The van der Waals surface area contributed by atoms with Gasteiger partial charge in [-0.1, -0.05) is 22.0 Å². The van der Waals surface area contributed by atoms with Gasteiger partial charge in [0.25, 0.3) is 6.43 Å². The first-order valence-corrected chi connectivity index (χ1v) is 8.81. The molecule has 0 unspecified atom stereocenters. The SMILES string of the molecule is CC(=N)n1c(=N)nc(N(CC(F)F)c2cc(F)cc(Br)c2)c2c(F)cccc21. The number of benzene rings is 2. The molecule has 0 saturated heterocycles. The van der Waals surface area contributed by atoms with Crippen molar-refractivity contribution in [2.75, 3.05) is 11.4 Å². The molecule has 0 atom stereocenters. The first kappa shape index (κ1) is 20.0. The van der Waals surface area contributed by atoms with Crippen molar-refractivity contribution < 1.29 is 17.6 Å². The van der Waals surface area contributed by atoms with Crippen LogP contribution in [0.4, 0.5) is 29.1 Å². The summed E-state index contributed by atoms with van der Waals surface area (Å²) in [5.74, 6) is -1.78. The van der Waals surface area contributed by atoms with Gasteiger partial charge in [-0.25, -0.2) is 17.6 Å². The molecule has 1 aromatic heterocycles. The van der Waals surface area contributed by atoms with E-state index in [1.165, 1.54) is 25.1 Å². The molecule has 10 heteroatoms. The van der Waals surface area contributed by atoms with Crippen LogP contribution in [-0.4, -0.2) is 28.4 Å². The number of rotatable bonds is 4. The summed E-state index contributed by atoms with van der Waals surface area (Å²) in [6.07, 6.45) is -2.84. The van der Waals surface area contributed by atoms with Gasteiger partial charge in [-0.2, -0.15) is 4.98 Å². The van der Waals surface area contributed by atoms with Crippen LogP contribution in [0.25, 0.3) is 10.9 Å². The fourth-order valence-corrected chi connectivity index (χ4v) is 3.38. The topological polar surface area (TPSA) is 68.8 Å². The second-order valence-corrected chi connectivity index (χ2v) is 6.86. The van der Waals surface area contributed by atoms with E-state index in [1.807, 2.05) is 0 Å². The average Bonchev–Trinajstić information content (AvgIpc) is 2.57. The summed E-state index contributed by atoms with van der Waals surface area (Å²) in [4.78, 5) is 4.94. The predicted molar refractivity (Wildman–Crippen MR) is 101 cm³/mol. The molecule has 0 aliphatic carbocycles. The van der Waals surface area contributed by atoms with Gasteiger partial charge in [0, 0.05) is 10.2 Å². The predicted octanol–water partition coefficient (Wildman–Crippen LogP) is 4.80. The van der Waals surface area contributed by atoms with Crippen molar-refractivity contribution in [1.29, 1.82) is 10.8 Å². The summed E-state index contributed by atoms with van der Waals surface area (Å²) in [5.41, 5.74) is -0.291. The third kappa shape index (κ3) is 3.77. The zero-order chi connectivity index (χ0) is 20.6. The summed E-state index contributed by atoms with van der Waals surface area (Å²) in [6.45, 7) is 0.504. The van der Waals surface area contributed by atoms with Crippen LogP contribution in [0.15, 0.2) is 40.9 Å². The molecule has 2 aromatic carbocycles. The van der Waals surface area contributed by atoms with E-state index in [4.69, 9.17) is 10.8 Å². The number of alkyl halides is 2. The average molecular weight is 456 g/mol. The highest BCUT2D eigenvalue weighted by atomic mass is 79.9. The Kier molecular flexibility index (Phi) is 5.50.